The molecule has 86 valence electrons. The van der Waals surface area contributed by atoms with E-state index >= 15 is 0 Å². The average molecular weight is 214 g/mol. The summed E-state index contributed by atoms with van der Waals surface area (Å²) in [7, 11) is 3.73. The molecule has 1 atom stereocenters. The van der Waals surface area contributed by atoms with Crippen LogP contribution in [-0.4, -0.2) is 61.0 Å². The first-order chi connectivity index (χ1) is 6.91. The van der Waals surface area contributed by atoms with E-state index in [-0.39, 0.29) is 11.9 Å². The smallest absolute Gasteiger partial charge is 0.325 e. The van der Waals surface area contributed by atoms with E-state index in [1.54, 1.807) is 6.92 Å². The number of nitrogens with two attached hydrogens (primary N) is 1. The van der Waals surface area contributed by atoms with Gasteiger partial charge in [-0.1, -0.05) is 0 Å². The number of hydrogen-bond donors (Lipinski definition) is 2. The van der Waals surface area contributed by atoms with Gasteiger partial charge in [-0.15, -0.1) is 0 Å². The van der Waals surface area contributed by atoms with E-state index in [4.69, 9.17) is 5.73 Å². The Morgan fingerprint density at radius 1 is 1.47 bits per heavy atom. The minimum absolute atomic E-state index is 0.255. The molecule has 0 aromatic carbocycles. The van der Waals surface area contributed by atoms with E-state index in [2.05, 4.69) is 5.32 Å². The van der Waals surface area contributed by atoms with E-state index < -0.39 is 5.54 Å². The number of hydrogen-bond acceptors (Lipinski definition) is 4. The molecule has 1 heterocycles. The summed E-state index contributed by atoms with van der Waals surface area (Å²) in [5.41, 5.74) is 4.62. The number of carbonyl (C=O) groups excluding carboxylic acids is 2. The second-order valence-electron chi connectivity index (χ2n) is 4.21. The molecule has 3 amide bonds. The van der Waals surface area contributed by atoms with Gasteiger partial charge in [-0.05, 0) is 21.0 Å². The van der Waals surface area contributed by atoms with Crippen molar-refractivity contribution in [3.63, 3.8) is 0 Å². The highest BCUT2D eigenvalue weighted by molar-refractivity contribution is 6.06. The maximum Gasteiger partial charge on any atom is 0.325 e. The molecule has 0 aliphatic carbocycles. The highest BCUT2D eigenvalue weighted by Gasteiger charge is 2.48. The van der Waals surface area contributed by atoms with Crippen LogP contribution in [-0.2, 0) is 4.79 Å². The molecule has 0 aromatic rings. The fourth-order valence-electron chi connectivity index (χ4n) is 1.90. The molecular weight excluding hydrogens is 196 g/mol. The topological polar surface area (TPSA) is 78.7 Å². The van der Waals surface area contributed by atoms with Crippen molar-refractivity contribution in [3.05, 3.63) is 0 Å². The number of nitrogens with zero attached hydrogens (tertiary/aromatic N) is 2. The second-order valence-corrected chi connectivity index (χ2v) is 4.21. The van der Waals surface area contributed by atoms with Gasteiger partial charge in [0.25, 0.3) is 5.91 Å². The van der Waals surface area contributed by atoms with Crippen LogP contribution < -0.4 is 11.1 Å². The van der Waals surface area contributed by atoms with Crippen LogP contribution in [0.3, 0.4) is 0 Å². The molecule has 6 heteroatoms. The summed E-state index contributed by atoms with van der Waals surface area (Å²) in [4.78, 5) is 26.5. The van der Waals surface area contributed by atoms with Crippen molar-refractivity contribution in [2.24, 2.45) is 5.73 Å². The fourth-order valence-corrected chi connectivity index (χ4v) is 1.90. The van der Waals surface area contributed by atoms with Gasteiger partial charge < -0.3 is 15.5 Å². The number of urea groups is 1. The summed E-state index contributed by atoms with van der Waals surface area (Å²) in [6.45, 7) is 2.99. The molecule has 0 spiro atoms. The Hall–Kier alpha value is -1.14. The van der Waals surface area contributed by atoms with Gasteiger partial charge in [-0.3, -0.25) is 10.1 Å². The molecule has 6 nitrogen and oxygen atoms in total. The lowest BCUT2D eigenvalue weighted by atomic mass is 10.0. The number of imide groups is 1. The number of likely N-dealkylation sites (N-methyl/N-ethyl adjacent to an activating group) is 1. The fraction of sp³-hybridized carbons (Fsp3) is 0.778. The van der Waals surface area contributed by atoms with Crippen LogP contribution in [0, 0.1) is 0 Å². The zero-order valence-electron chi connectivity index (χ0n) is 9.41. The van der Waals surface area contributed by atoms with Crippen molar-refractivity contribution in [1.29, 1.82) is 0 Å². The van der Waals surface area contributed by atoms with Crippen LogP contribution in [0.15, 0.2) is 0 Å². The van der Waals surface area contributed by atoms with E-state index in [0.29, 0.717) is 19.6 Å². The lowest BCUT2D eigenvalue weighted by Gasteiger charge is -2.33. The molecular formula is C9H18N4O2. The van der Waals surface area contributed by atoms with Crippen LogP contribution in [0.4, 0.5) is 4.79 Å². The van der Waals surface area contributed by atoms with Crippen LogP contribution in [0.2, 0.25) is 0 Å². The SMILES string of the molecule is CN(C)CC1(C)C(=O)NC(=O)N1CCN. The predicted octanol–water partition coefficient (Wildman–Crippen LogP) is -1.18. The van der Waals surface area contributed by atoms with Crippen molar-refractivity contribution in [2.45, 2.75) is 12.5 Å². The Kier molecular flexibility index (Phi) is 3.31. The molecule has 15 heavy (non-hydrogen) atoms. The van der Waals surface area contributed by atoms with Crippen molar-refractivity contribution in [2.75, 3.05) is 33.7 Å². The Bertz CT molecular complexity index is 279. The van der Waals surface area contributed by atoms with Crippen molar-refractivity contribution in [1.82, 2.24) is 15.1 Å². The van der Waals surface area contributed by atoms with Gasteiger partial charge in [-0.2, -0.15) is 0 Å². The molecule has 1 aliphatic rings. The standard InChI is InChI=1S/C9H18N4O2/c1-9(6-12(2)3)7(14)11-8(15)13(9)5-4-10/h4-6,10H2,1-3H3,(H,11,14,15). The van der Waals surface area contributed by atoms with Crippen molar-refractivity contribution >= 4 is 11.9 Å². The molecule has 1 fully saturated rings. The first kappa shape index (κ1) is 11.9. The number of rotatable bonds is 4. The summed E-state index contributed by atoms with van der Waals surface area (Å²) in [5, 5.41) is 2.31. The van der Waals surface area contributed by atoms with Crippen LogP contribution in [0.1, 0.15) is 6.92 Å². The molecule has 1 unspecified atom stereocenters. The zero-order valence-corrected chi connectivity index (χ0v) is 9.41. The summed E-state index contributed by atoms with van der Waals surface area (Å²) in [6.07, 6.45) is 0. The van der Waals surface area contributed by atoms with Crippen molar-refractivity contribution < 1.29 is 9.59 Å². The lowest BCUT2D eigenvalue weighted by Crippen LogP contribution is -2.54. The second kappa shape index (κ2) is 4.16. The Morgan fingerprint density at radius 3 is 2.53 bits per heavy atom. The number of carbonyl (C=O) groups is 2. The monoisotopic (exact) mass is 214 g/mol. The Balaban J connectivity index is 2.90. The minimum atomic E-state index is -0.806. The van der Waals surface area contributed by atoms with Gasteiger partial charge in [0.2, 0.25) is 0 Å². The number of nitrogens with one attached hydrogen (secondary N) is 1. The molecule has 1 saturated heterocycles. The molecule has 0 aromatic heterocycles. The Labute approximate surface area is 89.4 Å². The van der Waals surface area contributed by atoms with Crippen LogP contribution >= 0.6 is 0 Å². The molecule has 0 saturated carbocycles. The first-order valence-corrected chi connectivity index (χ1v) is 4.89. The Morgan fingerprint density at radius 2 is 2.07 bits per heavy atom. The van der Waals surface area contributed by atoms with E-state index in [1.165, 1.54) is 4.90 Å². The largest absolute Gasteiger partial charge is 0.329 e. The zero-order chi connectivity index (χ0) is 11.6. The van der Waals surface area contributed by atoms with Gasteiger partial charge in [0.1, 0.15) is 5.54 Å². The lowest BCUT2D eigenvalue weighted by molar-refractivity contribution is -0.126. The van der Waals surface area contributed by atoms with Crippen molar-refractivity contribution in [3.8, 4) is 0 Å². The van der Waals surface area contributed by atoms with Crippen LogP contribution in [0.5, 0.6) is 0 Å². The quantitative estimate of drug-likeness (QED) is 0.577. The minimum Gasteiger partial charge on any atom is -0.329 e. The molecule has 0 bridgehead atoms. The van der Waals surface area contributed by atoms with E-state index in [0.717, 1.165) is 0 Å². The summed E-state index contributed by atoms with van der Waals surface area (Å²) < 4.78 is 0. The van der Waals surface area contributed by atoms with E-state index in [1.807, 2.05) is 19.0 Å². The highest BCUT2D eigenvalue weighted by Crippen LogP contribution is 2.21. The van der Waals surface area contributed by atoms with Gasteiger partial charge in [-0.25, -0.2) is 4.79 Å². The third kappa shape index (κ3) is 2.10. The summed E-state index contributed by atoms with van der Waals surface area (Å²) >= 11 is 0. The van der Waals surface area contributed by atoms with E-state index in [9.17, 15) is 9.59 Å². The molecule has 3 N–H and O–H groups in total. The first-order valence-electron chi connectivity index (χ1n) is 4.89. The third-order valence-corrected chi connectivity index (χ3v) is 2.53. The third-order valence-electron chi connectivity index (χ3n) is 2.53. The van der Waals surface area contributed by atoms with Crippen LogP contribution in [0.25, 0.3) is 0 Å². The maximum absolute atomic E-state index is 11.7. The van der Waals surface area contributed by atoms with Gasteiger partial charge >= 0.3 is 6.03 Å². The number of amides is 3. The van der Waals surface area contributed by atoms with Gasteiger partial charge in [0.15, 0.2) is 0 Å². The molecule has 1 aliphatic heterocycles. The highest BCUT2D eigenvalue weighted by atomic mass is 16.2. The van der Waals surface area contributed by atoms with Gasteiger partial charge in [0.05, 0.1) is 0 Å². The molecule has 0 radical (unpaired) electrons. The average Bonchev–Trinajstić information content (AvgIpc) is 2.29. The summed E-state index contributed by atoms with van der Waals surface area (Å²) in [5.74, 6) is -0.255. The predicted molar refractivity (Wildman–Crippen MR) is 56.3 cm³/mol. The summed E-state index contributed by atoms with van der Waals surface area (Å²) in [6, 6.07) is -0.352. The van der Waals surface area contributed by atoms with Gasteiger partial charge in [0, 0.05) is 19.6 Å². The maximum atomic E-state index is 11.7. The normalized spacial score (nSPS) is 26.3. The molecule has 1 rings (SSSR count).